The summed E-state index contributed by atoms with van der Waals surface area (Å²) in [4.78, 5) is 13.8. The maximum atomic E-state index is 11.9. The summed E-state index contributed by atoms with van der Waals surface area (Å²) in [7, 11) is 0. The van der Waals surface area contributed by atoms with E-state index in [0.717, 1.165) is 25.9 Å². The summed E-state index contributed by atoms with van der Waals surface area (Å²) in [6.45, 7) is 9.96. The third-order valence-electron chi connectivity index (χ3n) is 3.34. The van der Waals surface area contributed by atoms with E-state index in [4.69, 9.17) is 0 Å². The van der Waals surface area contributed by atoms with Crippen LogP contribution in [0.1, 0.15) is 40.5 Å². The number of hydrogen-bond donors (Lipinski definition) is 2. The second kappa shape index (κ2) is 5.83. The average molecular weight is 242 g/mol. The van der Waals surface area contributed by atoms with Gasteiger partial charge in [-0.05, 0) is 46.5 Å². The molecule has 0 saturated carbocycles. The van der Waals surface area contributed by atoms with Crippen LogP contribution in [0.15, 0.2) is 0 Å². The second-order valence-corrected chi connectivity index (χ2v) is 6.06. The summed E-state index contributed by atoms with van der Waals surface area (Å²) >= 11 is 0. The van der Waals surface area contributed by atoms with Gasteiger partial charge in [0.05, 0.1) is 12.6 Å². The molecule has 0 aliphatic carbocycles. The molecule has 100 valence electrons. The number of rotatable bonds is 3. The Morgan fingerprint density at radius 1 is 1.41 bits per heavy atom. The maximum absolute atomic E-state index is 11.9. The number of carbonyl (C=O) groups excluding carboxylic acids is 1. The van der Waals surface area contributed by atoms with E-state index in [1.54, 1.807) is 0 Å². The zero-order valence-electron chi connectivity index (χ0n) is 11.5. The van der Waals surface area contributed by atoms with E-state index >= 15 is 0 Å². The molecule has 4 heteroatoms. The van der Waals surface area contributed by atoms with Crippen LogP contribution in [-0.4, -0.2) is 47.2 Å². The highest BCUT2D eigenvalue weighted by molar-refractivity contribution is 5.78. The Bertz CT molecular complexity index is 251. The first kappa shape index (κ1) is 14.5. The third-order valence-corrected chi connectivity index (χ3v) is 3.34. The predicted octanol–water partition coefficient (Wildman–Crippen LogP) is 0.994. The van der Waals surface area contributed by atoms with Crippen molar-refractivity contribution in [2.75, 3.05) is 19.6 Å². The van der Waals surface area contributed by atoms with Crippen LogP contribution in [0.3, 0.4) is 0 Å². The summed E-state index contributed by atoms with van der Waals surface area (Å²) in [5.41, 5.74) is -0.0202. The Labute approximate surface area is 104 Å². The van der Waals surface area contributed by atoms with Crippen molar-refractivity contribution in [1.82, 2.24) is 10.2 Å². The summed E-state index contributed by atoms with van der Waals surface area (Å²) in [5, 5.41) is 12.7. The van der Waals surface area contributed by atoms with Crippen LogP contribution in [0.25, 0.3) is 0 Å². The first-order valence-corrected chi connectivity index (χ1v) is 6.50. The molecule has 1 aliphatic rings. The minimum Gasteiger partial charge on any atom is -0.393 e. The standard InChI is InChI=1S/C13H26N2O2/c1-10(16)11-5-7-15(8-6-11)12(17)9-14-13(2,3)4/h10-11,14,16H,5-9H2,1-4H3. The van der Waals surface area contributed by atoms with Crippen LogP contribution in [0.4, 0.5) is 0 Å². The molecule has 0 spiro atoms. The Kier molecular flexibility index (Phi) is 4.95. The molecule has 0 aromatic heterocycles. The van der Waals surface area contributed by atoms with Gasteiger partial charge in [0.15, 0.2) is 0 Å². The largest absolute Gasteiger partial charge is 0.393 e. The summed E-state index contributed by atoms with van der Waals surface area (Å²) < 4.78 is 0. The molecule has 0 bridgehead atoms. The Morgan fingerprint density at radius 2 is 1.94 bits per heavy atom. The number of amides is 1. The number of aliphatic hydroxyl groups is 1. The minimum absolute atomic E-state index is 0.0202. The SMILES string of the molecule is CC(O)C1CCN(C(=O)CNC(C)(C)C)CC1. The second-order valence-electron chi connectivity index (χ2n) is 6.06. The highest BCUT2D eigenvalue weighted by Crippen LogP contribution is 2.20. The fourth-order valence-electron chi connectivity index (χ4n) is 2.08. The van der Waals surface area contributed by atoms with Crippen LogP contribution >= 0.6 is 0 Å². The molecular weight excluding hydrogens is 216 g/mol. The number of piperidine rings is 1. The highest BCUT2D eigenvalue weighted by atomic mass is 16.3. The lowest BCUT2D eigenvalue weighted by atomic mass is 9.92. The molecular formula is C13H26N2O2. The molecule has 17 heavy (non-hydrogen) atoms. The van der Waals surface area contributed by atoms with Crippen LogP contribution in [0.2, 0.25) is 0 Å². The quantitative estimate of drug-likeness (QED) is 0.776. The monoisotopic (exact) mass is 242 g/mol. The molecule has 1 fully saturated rings. The summed E-state index contributed by atoms with van der Waals surface area (Å²) in [6.07, 6.45) is 1.58. The normalized spacial score (nSPS) is 20.4. The molecule has 0 aromatic carbocycles. The van der Waals surface area contributed by atoms with Crippen molar-refractivity contribution < 1.29 is 9.90 Å². The molecule has 1 amide bonds. The van der Waals surface area contributed by atoms with Gasteiger partial charge in [0.25, 0.3) is 0 Å². The van der Waals surface area contributed by atoms with Gasteiger partial charge in [-0.2, -0.15) is 0 Å². The maximum Gasteiger partial charge on any atom is 0.236 e. The van der Waals surface area contributed by atoms with Crippen molar-refractivity contribution in [1.29, 1.82) is 0 Å². The Balaban J connectivity index is 2.31. The average Bonchev–Trinajstić information content (AvgIpc) is 2.25. The number of nitrogens with zero attached hydrogens (tertiary/aromatic N) is 1. The van der Waals surface area contributed by atoms with Crippen molar-refractivity contribution in [3.05, 3.63) is 0 Å². The number of nitrogens with one attached hydrogen (secondary N) is 1. The van der Waals surface area contributed by atoms with Crippen LogP contribution in [0, 0.1) is 5.92 Å². The number of aliphatic hydroxyl groups excluding tert-OH is 1. The van der Waals surface area contributed by atoms with Crippen LogP contribution in [-0.2, 0) is 4.79 Å². The lowest BCUT2D eigenvalue weighted by molar-refractivity contribution is -0.132. The van der Waals surface area contributed by atoms with Gasteiger partial charge in [-0.15, -0.1) is 0 Å². The number of carbonyl (C=O) groups is 1. The van der Waals surface area contributed by atoms with E-state index < -0.39 is 0 Å². The molecule has 0 aromatic rings. The molecule has 1 rings (SSSR count). The minimum atomic E-state index is -0.250. The van der Waals surface area contributed by atoms with Gasteiger partial charge in [-0.25, -0.2) is 0 Å². The van der Waals surface area contributed by atoms with Gasteiger partial charge in [-0.3, -0.25) is 4.79 Å². The molecule has 1 saturated heterocycles. The van der Waals surface area contributed by atoms with Gasteiger partial charge in [-0.1, -0.05) is 0 Å². The molecule has 2 N–H and O–H groups in total. The van der Waals surface area contributed by atoms with E-state index in [2.05, 4.69) is 26.1 Å². The third kappa shape index (κ3) is 5.04. The first-order chi connectivity index (χ1) is 7.79. The zero-order chi connectivity index (χ0) is 13.1. The van der Waals surface area contributed by atoms with E-state index in [1.165, 1.54) is 0 Å². The van der Waals surface area contributed by atoms with E-state index in [0.29, 0.717) is 12.5 Å². The summed E-state index contributed by atoms with van der Waals surface area (Å²) in [5.74, 6) is 0.526. The molecule has 4 nitrogen and oxygen atoms in total. The van der Waals surface area contributed by atoms with Crippen LogP contribution in [0.5, 0.6) is 0 Å². The topological polar surface area (TPSA) is 52.6 Å². The number of likely N-dealkylation sites (tertiary alicyclic amines) is 1. The molecule has 0 radical (unpaired) electrons. The molecule has 1 aliphatic heterocycles. The zero-order valence-corrected chi connectivity index (χ0v) is 11.5. The fraction of sp³-hybridized carbons (Fsp3) is 0.923. The van der Waals surface area contributed by atoms with Crippen molar-refractivity contribution in [3.63, 3.8) is 0 Å². The van der Waals surface area contributed by atoms with Gasteiger partial charge >= 0.3 is 0 Å². The van der Waals surface area contributed by atoms with Crippen molar-refractivity contribution in [2.45, 2.75) is 52.2 Å². The molecule has 1 atom stereocenters. The van der Waals surface area contributed by atoms with Gasteiger partial charge < -0.3 is 15.3 Å². The Hall–Kier alpha value is -0.610. The lowest BCUT2D eigenvalue weighted by Gasteiger charge is -2.34. The predicted molar refractivity (Wildman–Crippen MR) is 68.7 cm³/mol. The number of hydrogen-bond acceptors (Lipinski definition) is 3. The van der Waals surface area contributed by atoms with E-state index in [9.17, 15) is 9.90 Å². The van der Waals surface area contributed by atoms with Gasteiger partial charge in [0.2, 0.25) is 5.91 Å². The van der Waals surface area contributed by atoms with Crippen molar-refractivity contribution in [2.24, 2.45) is 5.92 Å². The summed E-state index contributed by atoms with van der Waals surface area (Å²) in [6, 6.07) is 0. The molecule has 1 unspecified atom stereocenters. The highest BCUT2D eigenvalue weighted by Gasteiger charge is 2.25. The van der Waals surface area contributed by atoms with Gasteiger partial charge in [0.1, 0.15) is 0 Å². The van der Waals surface area contributed by atoms with Crippen LogP contribution < -0.4 is 5.32 Å². The first-order valence-electron chi connectivity index (χ1n) is 6.50. The van der Waals surface area contributed by atoms with Crippen molar-refractivity contribution >= 4 is 5.91 Å². The van der Waals surface area contributed by atoms with Crippen molar-refractivity contribution in [3.8, 4) is 0 Å². The van der Waals surface area contributed by atoms with E-state index in [1.807, 2.05) is 11.8 Å². The lowest BCUT2D eigenvalue weighted by Crippen LogP contribution is -2.47. The Morgan fingerprint density at radius 3 is 2.35 bits per heavy atom. The van der Waals surface area contributed by atoms with E-state index in [-0.39, 0.29) is 17.6 Å². The van der Waals surface area contributed by atoms with Gasteiger partial charge in [0, 0.05) is 18.6 Å². The fourth-order valence-corrected chi connectivity index (χ4v) is 2.08. The smallest absolute Gasteiger partial charge is 0.236 e. The molecule has 1 heterocycles.